The molecule has 1 aliphatic heterocycles. The maximum atomic E-state index is 14.6. The van der Waals surface area contributed by atoms with Gasteiger partial charge in [-0.2, -0.15) is 0 Å². The van der Waals surface area contributed by atoms with Crippen LogP contribution >= 0.6 is 0 Å². The van der Waals surface area contributed by atoms with Crippen molar-refractivity contribution in [2.75, 3.05) is 86.4 Å². The molecule has 1 atom stereocenters. The quantitative estimate of drug-likeness (QED) is 0.168. The average Bonchev–Trinajstić information content (AvgIpc) is 3.01. The molecule has 1 saturated heterocycles. The molecule has 1 unspecified atom stereocenters. The molecule has 2 aromatic carbocycles. The Morgan fingerprint density at radius 3 is 1.95 bits per heavy atom. The monoisotopic (exact) mass is 606 g/mol. The summed E-state index contributed by atoms with van der Waals surface area (Å²) in [5.41, 5.74) is 1.75. The molecule has 0 bridgehead atoms. The fourth-order valence-electron chi connectivity index (χ4n) is 4.56. The van der Waals surface area contributed by atoms with Gasteiger partial charge in [0, 0.05) is 20.3 Å². The molecule has 8 nitrogen and oxygen atoms in total. The number of rotatable bonds is 19. The third kappa shape index (κ3) is 15.9. The van der Waals surface area contributed by atoms with Crippen molar-refractivity contribution in [2.45, 2.75) is 57.5 Å². The van der Waals surface area contributed by atoms with Crippen LogP contribution in [0.3, 0.4) is 0 Å². The van der Waals surface area contributed by atoms with Crippen molar-refractivity contribution in [3.05, 3.63) is 48.3 Å². The molecule has 0 radical (unpaired) electrons. The molecular weight excluding hydrogens is 555 g/mol. The number of hydrogen-bond donors (Lipinski definition) is 0. The highest BCUT2D eigenvalue weighted by Crippen LogP contribution is 2.27. The largest absolute Gasteiger partial charge is 0.494 e. The molecule has 1 aliphatic rings. The van der Waals surface area contributed by atoms with Crippen LogP contribution < -0.4 is 9.47 Å². The predicted molar refractivity (Wildman–Crippen MR) is 165 cm³/mol. The van der Waals surface area contributed by atoms with Crippen LogP contribution in [0, 0.1) is 5.82 Å². The van der Waals surface area contributed by atoms with Gasteiger partial charge in [0.1, 0.15) is 11.9 Å². The van der Waals surface area contributed by atoms with E-state index in [0.29, 0.717) is 78.4 Å². The van der Waals surface area contributed by atoms with Gasteiger partial charge in [-0.3, -0.25) is 0 Å². The van der Waals surface area contributed by atoms with Crippen LogP contribution in [0.15, 0.2) is 42.5 Å². The second-order valence-electron chi connectivity index (χ2n) is 10.6. The zero-order valence-corrected chi connectivity index (χ0v) is 25.9. The molecule has 2 aromatic rings. The van der Waals surface area contributed by atoms with E-state index in [2.05, 4.69) is 0 Å². The smallest absolute Gasteiger partial charge is 0.165 e. The lowest BCUT2D eigenvalue weighted by atomic mass is 10.1. The maximum absolute atomic E-state index is 14.6. The highest BCUT2D eigenvalue weighted by molar-refractivity contribution is 5.65. The van der Waals surface area contributed by atoms with Crippen molar-refractivity contribution in [3.63, 3.8) is 0 Å². The van der Waals surface area contributed by atoms with Gasteiger partial charge in [0.25, 0.3) is 0 Å². The normalized spacial score (nSPS) is 16.7. The van der Waals surface area contributed by atoms with E-state index in [4.69, 9.17) is 37.9 Å². The van der Waals surface area contributed by atoms with Gasteiger partial charge in [-0.1, -0.05) is 31.0 Å². The molecule has 1 fully saturated rings. The summed E-state index contributed by atoms with van der Waals surface area (Å²) in [5, 5.41) is 0. The van der Waals surface area contributed by atoms with E-state index in [1.165, 1.54) is 6.07 Å². The number of halogens is 1. The second-order valence-corrected chi connectivity index (χ2v) is 10.6. The third-order valence-electron chi connectivity index (χ3n) is 7.00. The number of benzene rings is 2. The molecule has 1 heterocycles. The number of methoxy groups -OCH3 is 1. The molecule has 0 amide bonds. The molecule has 242 valence electrons. The van der Waals surface area contributed by atoms with Gasteiger partial charge in [-0.05, 0) is 73.9 Å². The first-order chi connectivity index (χ1) is 21.3. The summed E-state index contributed by atoms with van der Waals surface area (Å²) in [6, 6.07) is 12.9. The van der Waals surface area contributed by atoms with Crippen LogP contribution in [-0.4, -0.2) is 92.5 Å². The lowest BCUT2D eigenvalue weighted by Crippen LogP contribution is -2.29. The Balaban J connectivity index is 1.23. The van der Waals surface area contributed by atoms with E-state index in [0.717, 1.165) is 74.8 Å². The summed E-state index contributed by atoms with van der Waals surface area (Å²) in [6.45, 7) is 7.02. The first kappa shape index (κ1) is 35.2. The minimum Gasteiger partial charge on any atom is -0.494 e. The lowest BCUT2D eigenvalue weighted by molar-refractivity contribution is -0.0903. The van der Waals surface area contributed by atoms with Crippen LogP contribution in [0.2, 0.25) is 0 Å². The van der Waals surface area contributed by atoms with Crippen LogP contribution in [0.5, 0.6) is 11.5 Å². The fraction of sp³-hybridized carbons (Fsp3) is 0.647. The second kappa shape index (κ2) is 23.2. The minimum absolute atomic E-state index is 0.0910. The third-order valence-corrected chi connectivity index (χ3v) is 7.00. The van der Waals surface area contributed by atoms with Crippen LogP contribution in [0.4, 0.5) is 4.39 Å². The molecule has 0 spiro atoms. The standard InChI is InChI=1S/C34H51FO8/c1-36-16-6-2-4-9-19-43-34-15-12-30(26-33(34)35)29-10-13-31(14-11-29)41-18-8-5-3-7-17-39-27-32-28-40-23-22-37-20-21-38-24-25-42-32/h10-15,26,32H,2-9,16-25,27-28H2,1H3. The molecule has 0 N–H and O–H groups in total. The molecule has 0 saturated carbocycles. The van der Waals surface area contributed by atoms with E-state index >= 15 is 0 Å². The molecule has 43 heavy (non-hydrogen) atoms. The van der Waals surface area contributed by atoms with Crippen molar-refractivity contribution >= 4 is 0 Å². The van der Waals surface area contributed by atoms with Crippen LogP contribution in [0.1, 0.15) is 51.4 Å². The van der Waals surface area contributed by atoms with E-state index in [1.54, 1.807) is 13.2 Å². The number of hydrogen-bond acceptors (Lipinski definition) is 8. The summed E-state index contributed by atoms with van der Waals surface area (Å²) in [7, 11) is 1.71. The summed E-state index contributed by atoms with van der Waals surface area (Å²) < 4.78 is 59.4. The minimum atomic E-state index is -0.341. The van der Waals surface area contributed by atoms with Crippen LogP contribution in [0.25, 0.3) is 11.1 Å². The average molecular weight is 607 g/mol. The Morgan fingerprint density at radius 2 is 1.26 bits per heavy atom. The van der Waals surface area contributed by atoms with E-state index in [1.807, 2.05) is 30.3 Å². The molecule has 0 aromatic heterocycles. The van der Waals surface area contributed by atoms with E-state index in [-0.39, 0.29) is 11.9 Å². The van der Waals surface area contributed by atoms with Gasteiger partial charge < -0.3 is 37.9 Å². The van der Waals surface area contributed by atoms with Crippen molar-refractivity contribution < 1.29 is 42.3 Å². The Kier molecular flexibility index (Phi) is 19.0. The van der Waals surface area contributed by atoms with E-state index < -0.39 is 0 Å². The topological polar surface area (TPSA) is 73.8 Å². The lowest BCUT2D eigenvalue weighted by Gasteiger charge is -2.19. The van der Waals surface area contributed by atoms with Gasteiger partial charge in [0.05, 0.1) is 66.1 Å². The Hall–Kier alpha value is -2.27. The summed E-state index contributed by atoms with van der Waals surface area (Å²) in [5.74, 6) is 0.773. The SMILES string of the molecule is COCCCCCCOc1ccc(-c2ccc(OCCCCCCOCC3COCCOCCOCCO3)cc2)cc1F. The van der Waals surface area contributed by atoms with E-state index in [9.17, 15) is 4.39 Å². The Bertz CT molecular complexity index is 946. The van der Waals surface area contributed by atoms with Crippen molar-refractivity contribution in [2.24, 2.45) is 0 Å². The Morgan fingerprint density at radius 1 is 0.651 bits per heavy atom. The first-order valence-electron chi connectivity index (χ1n) is 15.8. The maximum Gasteiger partial charge on any atom is 0.165 e. The first-order valence-corrected chi connectivity index (χ1v) is 15.8. The van der Waals surface area contributed by atoms with Gasteiger partial charge in [-0.25, -0.2) is 4.39 Å². The van der Waals surface area contributed by atoms with Crippen molar-refractivity contribution in [1.82, 2.24) is 0 Å². The number of ether oxygens (including phenoxy) is 8. The molecule has 3 rings (SSSR count). The van der Waals surface area contributed by atoms with Gasteiger partial charge >= 0.3 is 0 Å². The van der Waals surface area contributed by atoms with Crippen LogP contribution in [-0.2, 0) is 28.4 Å². The summed E-state index contributed by atoms with van der Waals surface area (Å²) in [4.78, 5) is 0. The molecule has 9 heteroatoms. The summed E-state index contributed by atoms with van der Waals surface area (Å²) in [6.07, 6.45) is 8.12. The van der Waals surface area contributed by atoms with Gasteiger partial charge in [-0.15, -0.1) is 0 Å². The highest BCUT2D eigenvalue weighted by Gasteiger charge is 2.11. The highest BCUT2D eigenvalue weighted by atomic mass is 19.1. The van der Waals surface area contributed by atoms with Gasteiger partial charge in [0.2, 0.25) is 0 Å². The Labute approximate surface area is 257 Å². The zero-order chi connectivity index (χ0) is 30.2. The van der Waals surface area contributed by atoms with Crippen molar-refractivity contribution in [3.8, 4) is 22.6 Å². The van der Waals surface area contributed by atoms with Crippen molar-refractivity contribution in [1.29, 1.82) is 0 Å². The van der Waals surface area contributed by atoms with Gasteiger partial charge in [0.15, 0.2) is 11.6 Å². The molecule has 0 aliphatic carbocycles. The zero-order valence-electron chi connectivity index (χ0n) is 25.9. The number of unbranched alkanes of at least 4 members (excludes halogenated alkanes) is 6. The predicted octanol–water partition coefficient (Wildman–Crippen LogP) is 6.48. The fourth-order valence-corrected chi connectivity index (χ4v) is 4.56. The summed E-state index contributed by atoms with van der Waals surface area (Å²) >= 11 is 0. The molecular formula is C34H51FO8.